The van der Waals surface area contributed by atoms with Crippen molar-refractivity contribution < 1.29 is 14.1 Å². The molecule has 0 aliphatic carbocycles. The zero-order valence-corrected chi connectivity index (χ0v) is 12.0. The maximum atomic E-state index is 12.1. The van der Waals surface area contributed by atoms with E-state index in [1.54, 1.807) is 7.11 Å². The highest BCUT2D eigenvalue weighted by atomic mass is 16.5. The molecule has 1 aromatic heterocycles. The third-order valence-electron chi connectivity index (χ3n) is 3.11. The second-order valence-corrected chi connectivity index (χ2v) is 4.73. The average molecular weight is 271 g/mol. The van der Waals surface area contributed by atoms with Crippen molar-refractivity contribution in [2.75, 3.05) is 12.4 Å². The van der Waals surface area contributed by atoms with Crippen LogP contribution in [0.2, 0.25) is 0 Å². The molecule has 1 amide bonds. The molecule has 1 N–H and O–H groups in total. The normalized spacial score (nSPS) is 10.2. The number of methoxy groups -OCH3 is 1. The molecule has 0 saturated heterocycles. The summed E-state index contributed by atoms with van der Waals surface area (Å²) < 4.78 is 7.05. The third-order valence-corrected chi connectivity index (χ3v) is 3.11. The summed E-state index contributed by atoms with van der Waals surface area (Å²) >= 11 is 0. The molecule has 0 fully saturated rings. The van der Waals surface area contributed by atoms with Crippen LogP contribution in [-0.2, 0) is 11.3 Å². The first-order valence-electron chi connectivity index (χ1n) is 6.49. The molecule has 0 aliphatic rings. The summed E-state index contributed by atoms with van der Waals surface area (Å²) in [7, 11) is 1.64. The van der Waals surface area contributed by atoms with Crippen molar-refractivity contribution in [3.63, 3.8) is 0 Å². The van der Waals surface area contributed by atoms with Gasteiger partial charge in [-0.05, 0) is 37.1 Å². The van der Waals surface area contributed by atoms with Crippen LogP contribution in [0.15, 0.2) is 42.7 Å². The lowest BCUT2D eigenvalue weighted by atomic mass is 10.1. The van der Waals surface area contributed by atoms with E-state index >= 15 is 0 Å². The number of hydrogen-bond acceptors (Lipinski definition) is 2. The predicted molar refractivity (Wildman–Crippen MR) is 77.7 cm³/mol. The van der Waals surface area contributed by atoms with Crippen molar-refractivity contribution in [1.82, 2.24) is 0 Å². The molecular formula is C16H19N2O2+. The van der Waals surface area contributed by atoms with Gasteiger partial charge in [0.25, 0.3) is 5.91 Å². The number of benzene rings is 1. The number of carbonyl (C=O) groups excluding carboxylic acids is 1. The number of amides is 1. The van der Waals surface area contributed by atoms with Crippen LogP contribution in [0.25, 0.3) is 0 Å². The largest absolute Gasteiger partial charge is 0.497 e. The van der Waals surface area contributed by atoms with Crippen LogP contribution in [0, 0.1) is 13.8 Å². The summed E-state index contributed by atoms with van der Waals surface area (Å²) in [5, 5.41) is 2.96. The molecule has 4 nitrogen and oxygen atoms in total. The smallest absolute Gasteiger partial charge is 0.290 e. The molecule has 104 valence electrons. The van der Waals surface area contributed by atoms with Crippen molar-refractivity contribution in [3.05, 3.63) is 53.9 Å². The zero-order valence-electron chi connectivity index (χ0n) is 12.0. The summed E-state index contributed by atoms with van der Waals surface area (Å²) in [4.78, 5) is 12.1. The highest BCUT2D eigenvalue weighted by Crippen LogP contribution is 2.25. The first-order chi connectivity index (χ1) is 9.60. The standard InChI is InChI=1S/C16H18N2O2/c1-12-9-14(20-3)10-13(2)16(12)17-15(19)11-18-7-5-4-6-8-18/h4-10H,11H2,1-3H3/p+1. The van der Waals surface area contributed by atoms with Gasteiger partial charge in [-0.3, -0.25) is 4.79 Å². The van der Waals surface area contributed by atoms with E-state index in [0.29, 0.717) is 6.54 Å². The predicted octanol–water partition coefficient (Wildman–Crippen LogP) is 2.24. The van der Waals surface area contributed by atoms with Crippen molar-refractivity contribution in [3.8, 4) is 5.75 Å². The Morgan fingerprint density at radius 2 is 1.75 bits per heavy atom. The van der Waals surface area contributed by atoms with Gasteiger partial charge >= 0.3 is 0 Å². The van der Waals surface area contributed by atoms with Crippen molar-refractivity contribution in [2.45, 2.75) is 20.4 Å². The fourth-order valence-electron chi connectivity index (χ4n) is 2.12. The fourth-order valence-corrected chi connectivity index (χ4v) is 2.12. The topological polar surface area (TPSA) is 42.2 Å². The summed E-state index contributed by atoms with van der Waals surface area (Å²) in [6.45, 7) is 4.22. The van der Waals surface area contributed by atoms with Crippen LogP contribution < -0.4 is 14.6 Å². The number of ether oxygens (including phenoxy) is 1. The van der Waals surface area contributed by atoms with Gasteiger partial charge in [-0.2, -0.15) is 4.57 Å². The van der Waals surface area contributed by atoms with E-state index in [1.807, 2.05) is 61.1 Å². The maximum absolute atomic E-state index is 12.1. The lowest BCUT2D eigenvalue weighted by molar-refractivity contribution is -0.684. The van der Waals surface area contributed by atoms with E-state index in [1.165, 1.54) is 0 Å². The lowest BCUT2D eigenvalue weighted by Crippen LogP contribution is -2.39. The molecule has 0 saturated carbocycles. The van der Waals surface area contributed by atoms with Gasteiger partial charge < -0.3 is 10.1 Å². The van der Waals surface area contributed by atoms with Crippen LogP contribution in [0.1, 0.15) is 11.1 Å². The van der Waals surface area contributed by atoms with Gasteiger partial charge in [0.2, 0.25) is 6.54 Å². The first kappa shape index (κ1) is 14.1. The number of aryl methyl sites for hydroxylation is 2. The van der Waals surface area contributed by atoms with Gasteiger partial charge in [-0.1, -0.05) is 6.07 Å². The van der Waals surface area contributed by atoms with Crippen LogP contribution in [0.5, 0.6) is 5.75 Å². The van der Waals surface area contributed by atoms with Gasteiger partial charge in [0.15, 0.2) is 12.4 Å². The first-order valence-corrected chi connectivity index (χ1v) is 6.49. The monoisotopic (exact) mass is 271 g/mol. The molecule has 0 unspecified atom stereocenters. The van der Waals surface area contributed by atoms with Gasteiger partial charge in [0.05, 0.1) is 7.11 Å². The number of anilines is 1. The highest BCUT2D eigenvalue weighted by molar-refractivity contribution is 5.91. The second-order valence-electron chi connectivity index (χ2n) is 4.73. The molecule has 4 heteroatoms. The summed E-state index contributed by atoms with van der Waals surface area (Å²) in [5.74, 6) is 0.757. The molecule has 2 aromatic rings. The Hall–Kier alpha value is -2.36. The third kappa shape index (κ3) is 3.35. The van der Waals surface area contributed by atoms with E-state index in [2.05, 4.69) is 5.32 Å². The minimum absolute atomic E-state index is 0.0439. The summed E-state index contributed by atoms with van der Waals surface area (Å²) in [6.07, 6.45) is 3.74. The number of pyridine rings is 1. The number of nitrogens with zero attached hydrogens (tertiary/aromatic N) is 1. The van der Waals surface area contributed by atoms with Crippen LogP contribution in [0.3, 0.4) is 0 Å². The highest BCUT2D eigenvalue weighted by Gasteiger charge is 2.12. The van der Waals surface area contributed by atoms with E-state index < -0.39 is 0 Å². The van der Waals surface area contributed by atoms with Crippen molar-refractivity contribution >= 4 is 11.6 Å². The minimum Gasteiger partial charge on any atom is -0.497 e. The van der Waals surface area contributed by atoms with Gasteiger partial charge in [-0.25, -0.2) is 0 Å². The van der Waals surface area contributed by atoms with E-state index in [-0.39, 0.29) is 5.91 Å². The summed E-state index contributed by atoms with van der Waals surface area (Å²) in [6, 6.07) is 9.55. The fraction of sp³-hybridized carbons (Fsp3) is 0.250. The Kier molecular flexibility index (Phi) is 4.35. The molecule has 0 aliphatic heterocycles. The molecule has 0 radical (unpaired) electrons. The molecule has 0 bridgehead atoms. The van der Waals surface area contributed by atoms with Crippen molar-refractivity contribution in [1.29, 1.82) is 0 Å². The average Bonchev–Trinajstić information content (AvgIpc) is 2.43. The number of aromatic nitrogens is 1. The number of carbonyl (C=O) groups is 1. The Morgan fingerprint density at radius 1 is 1.15 bits per heavy atom. The van der Waals surface area contributed by atoms with Crippen LogP contribution >= 0.6 is 0 Å². The SMILES string of the molecule is COc1cc(C)c(NC(=O)C[n+]2ccccc2)c(C)c1. The Morgan fingerprint density at radius 3 is 2.30 bits per heavy atom. The molecule has 1 aromatic carbocycles. The van der Waals surface area contributed by atoms with Gasteiger partial charge in [-0.15, -0.1) is 0 Å². The van der Waals surface area contributed by atoms with Gasteiger partial charge in [0.1, 0.15) is 5.75 Å². The number of nitrogens with one attached hydrogen (secondary N) is 1. The number of rotatable bonds is 4. The molecule has 0 atom stereocenters. The Balaban J connectivity index is 2.12. The number of hydrogen-bond donors (Lipinski definition) is 1. The van der Waals surface area contributed by atoms with Crippen LogP contribution in [-0.4, -0.2) is 13.0 Å². The Labute approximate surface area is 119 Å². The van der Waals surface area contributed by atoms with Crippen molar-refractivity contribution in [2.24, 2.45) is 0 Å². The molecule has 0 spiro atoms. The molecular weight excluding hydrogens is 252 g/mol. The van der Waals surface area contributed by atoms with E-state index in [4.69, 9.17) is 4.74 Å². The quantitative estimate of drug-likeness (QED) is 0.867. The van der Waals surface area contributed by atoms with E-state index in [9.17, 15) is 4.79 Å². The minimum atomic E-state index is -0.0439. The molecule has 2 rings (SSSR count). The summed E-state index contributed by atoms with van der Waals surface area (Å²) in [5.41, 5.74) is 2.84. The molecule has 1 heterocycles. The van der Waals surface area contributed by atoms with E-state index in [0.717, 1.165) is 22.6 Å². The second kappa shape index (κ2) is 6.19. The Bertz CT molecular complexity index is 586. The molecule has 20 heavy (non-hydrogen) atoms. The maximum Gasteiger partial charge on any atom is 0.290 e. The zero-order chi connectivity index (χ0) is 14.5. The van der Waals surface area contributed by atoms with Gasteiger partial charge in [0, 0.05) is 17.8 Å². The van der Waals surface area contributed by atoms with Crippen LogP contribution in [0.4, 0.5) is 5.69 Å². The lowest BCUT2D eigenvalue weighted by Gasteiger charge is -2.12.